The van der Waals surface area contributed by atoms with Crippen molar-refractivity contribution in [1.29, 1.82) is 0 Å². The second kappa shape index (κ2) is 9.66. The molecule has 1 saturated heterocycles. The molecule has 3 aromatic carbocycles. The fourth-order valence-corrected chi connectivity index (χ4v) is 3.80. The number of hydrogen-bond acceptors (Lipinski definition) is 5. The smallest absolute Gasteiger partial charge is 0.329 e. The van der Waals surface area contributed by atoms with Crippen molar-refractivity contribution in [3.8, 4) is 5.75 Å². The zero-order valence-electron chi connectivity index (χ0n) is 17.2. The topological polar surface area (TPSA) is 102 Å². The molecule has 0 spiro atoms. The zero-order valence-corrected chi connectivity index (χ0v) is 18.8. The SMILES string of the molecule is O=C1N/C(=C/c2ccc(OCc3cccc([N+](=O)[O-])c3)c(Br)c2)C(=O)N1Cc1ccccc1. The van der Waals surface area contributed by atoms with Gasteiger partial charge in [-0.05, 0) is 50.8 Å². The molecule has 33 heavy (non-hydrogen) atoms. The van der Waals surface area contributed by atoms with Gasteiger partial charge < -0.3 is 10.1 Å². The van der Waals surface area contributed by atoms with Crippen molar-refractivity contribution in [2.75, 3.05) is 0 Å². The third-order valence-electron chi connectivity index (χ3n) is 4.93. The average molecular weight is 508 g/mol. The molecule has 0 bridgehead atoms. The third-order valence-corrected chi connectivity index (χ3v) is 5.55. The third kappa shape index (κ3) is 5.27. The number of carbonyl (C=O) groups is 2. The molecule has 4 rings (SSSR count). The lowest BCUT2D eigenvalue weighted by atomic mass is 10.1. The van der Waals surface area contributed by atoms with Crippen molar-refractivity contribution < 1.29 is 19.2 Å². The van der Waals surface area contributed by atoms with Gasteiger partial charge in [0.25, 0.3) is 11.6 Å². The van der Waals surface area contributed by atoms with Crippen LogP contribution < -0.4 is 10.1 Å². The summed E-state index contributed by atoms with van der Waals surface area (Å²) < 4.78 is 6.41. The van der Waals surface area contributed by atoms with Gasteiger partial charge in [-0.2, -0.15) is 0 Å². The maximum atomic E-state index is 12.7. The van der Waals surface area contributed by atoms with E-state index in [1.807, 2.05) is 30.3 Å². The summed E-state index contributed by atoms with van der Waals surface area (Å²) in [6.45, 7) is 0.348. The summed E-state index contributed by atoms with van der Waals surface area (Å²) in [5, 5.41) is 13.5. The Hall–Kier alpha value is -3.98. The van der Waals surface area contributed by atoms with Crippen molar-refractivity contribution in [3.05, 3.63) is 110 Å². The molecule has 8 nitrogen and oxygen atoms in total. The lowest BCUT2D eigenvalue weighted by Gasteiger charge is -2.11. The molecule has 166 valence electrons. The molecule has 0 aromatic heterocycles. The van der Waals surface area contributed by atoms with Gasteiger partial charge in [0.2, 0.25) is 0 Å². The maximum Gasteiger partial charge on any atom is 0.329 e. The van der Waals surface area contributed by atoms with Gasteiger partial charge in [-0.3, -0.25) is 19.8 Å². The number of hydrogen-bond donors (Lipinski definition) is 1. The Morgan fingerprint density at radius 2 is 1.76 bits per heavy atom. The number of nitro benzene ring substituents is 1. The maximum absolute atomic E-state index is 12.7. The number of rotatable bonds is 7. The van der Waals surface area contributed by atoms with Crippen molar-refractivity contribution in [3.63, 3.8) is 0 Å². The fourth-order valence-electron chi connectivity index (χ4n) is 3.29. The first-order valence-corrected chi connectivity index (χ1v) is 10.7. The second-order valence-corrected chi connectivity index (χ2v) is 8.12. The van der Waals surface area contributed by atoms with Crippen molar-refractivity contribution in [2.24, 2.45) is 0 Å². The first kappa shape index (κ1) is 22.2. The van der Waals surface area contributed by atoms with Crippen molar-refractivity contribution >= 4 is 39.6 Å². The number of nitrogens with one attached hydrogen (secondary N) is 1. The van der Waals surface area contributed by atoms with Crippen molar-refractivity contribution in [2.45, 2.75) is 13.2 Å². The van der Waals surface area contributed by atoms with Crippen LogP contribution >= 0.6 is 15.9 Å². The first-order valence-electron chi connectivity index (χ1n) is 9.95. The van der Waals surface area contributed by atoms with Gasteiger partial charge in [0.1, 0.15) is 18.1 Å². The van der Waals surface area contributed by atoms with E-state index in [1.165, 1.54) is 12.1 Å². The number of benzene rings is 3. The van der Waals surface area contributed by atoms with E-state index in [4.69, 9.17) is 4.74 Å². The Morgan fingerprint density at radius 3 is 2.48 bits per heavy atom. The average Bonchev–Trinajstić information content (AvgIpc) is 3.06. The Balaban J connectivity index is 1.44. The van der Waals surface area contributed by atoms with Crippen LogP contribution in [0.5, 0.6) is 5.75 Å². The minimum absolute atomic E-state index is 0.00160. The summed E-state index contributed by atoms with van der Waals surface area (Å²) in [5.74, 6) is 0.141. The number of urea groups is 1. The van der Waals surface area contributed by atoms with Crippen LogP contribution in [-0.4, -0.2) is 21.8 Å². The van der Waals surface area contributed by atoms with E-state index in [2.05, 4.69) is 21.2 Å². The predicted octanol–water partition coefficient (Wildman–Crippen LogP) is 5.03. The Kier molecular flexibility index (Phi) is 6.50. The normalized spacial score (nSPS) is 14.5. The molecule has 1 fully saturated rings. The highest BCUT2D eigenvalue weighted by atomic mass is 79.9. The number of non-ortho nitro benzene ring substituents is 1. The van der Waals surface area contributed by atoms with Crippen LogP contribution in [0.15, 0.2) is 83.0 Å². The quantitative estimate of drug-likeness (QED) is 0.209. The molecular formula is C24H18BrN3O5. The molecule has 0 unspecified atom stereocenters. The van der Waals surface area contributed by atoms with Crippen molar-refractivity contribution in [1.82, 2.24) is 10.2 Å². The number of nitrogens with zero attached hydrogens (tertiary/aromatic N) is 2. The molecule has 0 aliphatic carbocycles. The molecule has 3 amide bonds. The lowest BCUT2D eigenvalue weighted by molar-refractivity contribution is -0.384. The first-order chi connectivity index (χ1) is 15.9. The zero-order chi connectivity index (χ0) is 23.4. The predicted molar refractivity (Wildman–Crippen MR) is 125 cm³/mol. The number of imide groups is 1. The summed E-state index contributed by atoms with van der Waals surface area (Å²) in [5.41, 5.74) is 2.40. The largest absolute Gasteiger partial charge is 0.488 e. The van der Waals surface area contributed by atoms with E-state index in [-0.39, 0.29) is 24.5 Å². The van der Waals surface area contributed by atoms with Gasteiger partial charge in [0, 0.05) is 12.1 Å². The highest BCUT2D eigenvalue weighted by Gasteiger charge is 2.33. The molecule has 1 heterocycles. The standard InChI is InChI=1S/C24H18BrN3O5/c25-20-12-17(9-10-22(20)33-15-18-7-4-8-19(11-18)28(31)32)13-21-23(29)27(24(30)26-21)14-16-5-2-1-3-6-16/h1-13H,14-15H2,(H,26,30)/b21-13+. The van der Waals surface area contributed by atoms with Crippen LogP contribution in [0.4, 0.5) is 10.5 Å². The summed E-state index contributed by atoms with van der Waals surface area (Å²) in [6.07, 6.45) is 1.60. The number of nitro groups is 1. The highest BCUT2D eigenvalue weighted by Crippen LogP contribution is 2.28. The minimum Gasteiger partial charge on any atom is -0.488 e. The van der Waals surface area contributed by atoms with Gasteiger partial charge in [0.15, 0.2) is 0 Å². The van der Waals surface area contributed by atoms with E-state index in [9.17, 15) is 19.7 Å². The molecule has 1 aliphatic heterocycles. The second-order valence-electron chi connectivity index (χ2n) is 7.27. The van der Waals surface area contributed by atoms with E-state index >= 15 is 0 Å². The summed E-state index contributed by atoms with van der Waals surface area (Å²) >= 11 is 3.45. The van der Waals surface area contributed by atoms with Gasteiger partial charge >= 0.3 is 6.03 Å². The van der Waals surface area contributed by atoms with Crippen LogP contribution in [0.3, 0.4) is 0 Å². The highest BCUT2D eigenvalue weighted by molar-refractivity contribution is 9.10. The summed E-state index contributed by atoms with van der Waals surface area (Å²) in [7, 11) is 0. The fraction of sp³-hybridized carbons (Fsp3) is 0.0833. The van der Waals surface area contributed by atoms with Crippen LogP contribution in [-0.2, 0) is 17.9 Å². The van der Waals surface area contributed by atoms with Gasteiger partial charge in [-0.15, -0.1) is 0 Å². The molecule has 0 atom stereocenters. The van der Waals surface area contributed by atoms with E-state index in [0.717, 1.165) is 10.5 Å². The molecule has 0 saturated carbocycles. The van der Waals surface area contributed by atoms with E-state index in [1.54, 1.807) is 36.4 Å². The van der Waals surface area contributed by atoms with E-state index < -0.39 is 16.9 Å². The Bertz CT molecular complexity index is 1260. The lowest BCUT2D eigenvalue weighted by Crippen LogP contribution is -2.30. The molecular weight excluding hydrogens is 490 g/mol. The molecule has 9 heteroatoms. The van der Waals surface area contributed by atoms with Gasteiger partial charge in [-0.25, -0.2) is 4.79 Å². The molecule has 1 N–H and O–H groups in total. The Morgan fingerprint density at radius 1 is 1.00 bits per heavy atom. The number of ether oxygens (including phenoxy) is 1. The molecule has 1 aliphatic rings. The van der Waals surface area contributed by atoms with Crippen LogP contribution in [0.2, 0.25) is 0 Å². The number of amides is 3. The monoisotopic (exact) mass is 507 g/mol. The molecule has 0 radical (unpaired) electrons. The van der Waals surface area contributed by atoms with E-state index in [0.29, 0.717) is 21.3 Å². The van der Waals surface area contributed by atoms with Gasteiger partial charge in [0.05, 0.1) is 15.9 Å². The minimum atomic E-state index is -0.467. The summed E-state index contributed by atoms with van der Waals surface area (Å²) in [4.78, 5) is 36.6. The van der Waals surface area contributed by atoms with Crippen LogP contribution in [0, 0.1) is 10.1 Å². The Labute approximate surface area is 197 Å². The number of halogens is 1. The number of carbonyl (C=O) groups excluding carboxylic acids is 2. The van der Waals surface area contributed by atoms with Gasteiger partial charge in [-0.1, -0.05) is 48.5 Å². The van der Waals surface area contributed by atoms with Crippen LogP contribution in [0.25, 0.3) is 6.08 Å². The van der Waals surface area contributed by atoms with Crippen LogP contribution in [0.1, 0.15) is 16.7 Å². The summed E-state index contributed by atoms with van der Waals surface area (Å²) in [6, 6.07) is 20.3. The molecule has 3 aromatic rings.